The Morgan fingerprint density at radius 1 is 0.962 bits per heavy atom. The molecule has 1 aliphatic rings. The van der Waals surface area contributed by atoms with E-state index in [1.165, 1.54) is 0 Å². The van der Waals surface area contributed by atoms with Gasteiger partial charge in [0.2, 0.25) is 5.91 Å². The SMILES string of the molecule is Nc1ccc(-c2nc(-c3ccccc3)n(CC(=O)N3CCCC3)n2)cc1. The highest BCUT2D eigenvalue weighted by Gasteiger charge is 2.21. The number of nitrogens with two attached hydrogens (primary N) is 1. The van der Waals surface area contributed by atoms with Crippen molar-refractivity contribution in [3.8, 4) is 22.8 Å². The molecule has 1 fully saturated rings. The van der Waals surface area contributed by atoms with Gasteiger partial charge in [0, 0.05) is 29.9 Å². The molecular weight excluding hydrogens is 326 g/mol. The monoisotopic (exact) mass is 347 g/mol. The maximum Gasteiger partial charge on any atom is 0.244 e. The largest absolute Gasteiger partial charge is 0.399 e. The van der Waals surface area contributed by atoms with Gasteiger partial charge in [-0.25, -0.2) is 9.67 Å². The Morgan fingerprint density at radius 3 is 2.35 bits per heavy atom. The van der Waals surface area contributed by atoms with Gasteiger partial charge in [-0.15, -0.1) is 5.10 Å². The second-order valence-corrected chi connectivity index (χ2v) is 6.49. The lowest BCUT2D eigenvalue weighted by Crippen LogP contribution is -2.31. The van der Waals surface area contributed by atoms with Gasteiger partial charge < -0.3 is 10.6 Å². The van der Waals surface area contributed by atoms with Crippen molar-refractivity contribution in [2.75, 3.05) is 18.8 Å². The lowest BCUT2D eigenvalue weighted by atomic mass is 10.2. The van der Waals surface area contributed by atoms with E-state index in [0.717, 1.165) is 37.1 Å². The van der Waals surface area contributed by atoms with Crippen molar-refractivity contribution in [1.29, 1.82) is 0 Å². The Morgan fingerprint density at radius 2 is 1.65 bits per heavy atom. The van der Waals surface area contributed by atoms with E-state index in [-0.39, 0.29) is 12.5 Å². The summed E-state index contributed by atoms with van der Waals surface area (Å²) in [6.07, 6.45) is 2.15. The van der Waals surface area contributed by atoms with Crippen LogP contribution in [0, 0.1) is 0 Å². The molecule has 1 amide bonds. The number of aromatic nitrogens is 3. The maximum absolute atomic E-state index is 12.6. The Kier molecular flexibility index (Phi) is 4.39. The highest BCUT2D eigenvalue weighted by Crippen LogP contribution is 2.23. The average Bonchev–Trinajstić information content (AvgIpc) is 3.33. The molecular formula is C20H21N5O. The van der Waals surface area contributed by atoms with E-state index >= 15 is 0 Å². The van der Waals surface area contributed by atoms with Gasteiger partial charge >= 0.3 is 0 Å². The Hall–Kier alpha value is -3.15. The molecule has 0 atom stereocenters. The third kappa shape index (κ3) is 3.31. The summed E-state index contributed by atoms with van der Waals surface area (Å²) < 4.78 is 1.71. The van der Waals surface area contributed by atoms with Crippen molar-refractivity contribution < 1.29 is 4.79 Å². The standard InChI is InChI=1S/C20H21N5O/c21-17-10-8-15(9-11-17)19-22-20(16-6-2-1-3-7-16)25(23-19)14-18(26)24-12-4-5-13-24/h1-3,6-11H,4-5,12-14,21H2. The van der Waals surface area contributed by atoms with Crippen LogP contribution < -0.4 is 5.73 Å². The van der Waals surface area contributed by atoms with Gasteiger partial charge in [-0.2, -0.15) is 0 Å². The lowest BCUT2D eigenvalue weighted by Gasteiger charge is -2.15. The van der Waals surface area contributed by atoms with E-state index in [4.69, 9.17) is 10.7 Å². The number of carbonyl (C=O) groups is 1. The number of hydrogen-bond donors (Lipinski definition) is 1. The first-order valence-corrected chi connectivity index (χ1v) is 8.85. The van der Waals surface area contributed by atoms with E-state index in [1.807, 2.05) is 59.5 Å². The van der Waals surface area contributed by atoms with Crippen LogP contribution in [0.1, 0.15) is 12.8 Å². The van der Waals surface area contributed by atoms with Gasteiger partial charge in [0.25, 0.3) is 0 Å². The molecule has 0 spiro atoms. The molecule has 1 aromatic heterocycles. The molecule has 4 rings (SSSR count). The summed E-state index contributed by atoms with van der Waals surface area (Å²) in [5.41, 5.74) is 8.28. The first-order valence-electron chi connectivity index (χ1n) is 8.85. The van der Waals surface area contributed by atoms with Gasteiger partial charge in [0.15, 0.2) is 11.6 Å². The molecule has 0 aliphatic carbocycles. The second kappa shape index (κ2) is 7.00. The molecule has 26 heavy (non-hydrogen) atoms. The highest BCUT2D eigenvalue weighted by atomic mass is 16.2. The highest BCUT2D eigenvalue weighted by molar-refractivity contribution is 5.77. The first-order chi connectivity index (χ1) is 12.7. The predicted molar refractivity (Wildman–Crippen MR) is 101 cm³/mol. The predicted octanol–water partition coefficient (Wildman–Crippen LogP) is 2.82. The van der Waals surface area contributed by atoms with Crippen molar-refractivity contribution in [2.24, 2.45) is 0 Å². The second-order valence-electron chi connectivity index (χ2n) is 6.49. The molecule has 0 bridgehead atoms. The van der Waals surface area contributed by atoms with Crippen LogP contribution >= 0.6 is 0 Å². The summed E-state index contributed by atoms with van der Waals surface area (Å²) in [6, 6.07) is 17.3. The average molecular weight is 347 g/mol. The zero-order valence-electron chi connectivity index (χ0n) is 14.5. The van der Waals surface area contributed by atoms with E-state index in [9.17, 15) is 4.79 Å². The van der Waals surface area contributed by atoms with Crippen molar-refractivity contribution in [2.45, 2.75) is 19.4 Å². The summed E-state index contributed by atoms with van der Waals surface area (Å²) in [4.78, 5) is 19.2. The van der Waals surface area contributed by atoms with E-state index in [0.29, 0.717) is 17.3 Å². The van der Waals surface area contributed by atoms with E-state index in [1.54, 1.807) is 4.68 Å². The van der Waals surface area contributed by atoms with Crippen LogP contribution in [0.15, 0.2) is 54.6 Å². The van der Waals surface area contributed by atoms with Crippen molar-refractivity contribution in [1.82, 2.24) is 19.7 Å². The number of carbonyl (C=O) groups excluding carboxylic acids is 1. The summed E-state index contributed by atoms with van der Waals surface area (Å²) in [7, 11) is 0. The molecule has 3 aromatic rings. The van der Waals surface area contributed by atoms with Crippen LogP contribution in [0.2, 0.25) is 0 Å². The normalized spacial score (nSPS) is 13.9. The summed E-state index contributed by atoms with van der Waals surface area (Å²) in [5, 5.41) is 4.62. The van der Waals surface area contributed by atoms with Gasteiger partial charge in [0.1, 0.15) is 6.54 Å². The van der Waals surface area contributed by atoms with Crippen molar-refractivity contribution in [3.05, 3.63) is 54.6 Å². The number of amides is 1. The molecule has 6 nitrogen and oxygen atoms in total. The van der Waals surface area contributed by atoms with Crippen LogP contribution in [-0.4, -0.2) is 38.7 Å². The van der Waals surface area contributed by atoms with Crippen LogP contribution in [-0.2, 0) is 11.3 Å². The quantitative estimate of drug-likeness (QED) is 0.736. The summed E-state index contributed by atoms with van der Waals surface area (Å²) in [5.74, 6) is 1.39. The molecule has 132 valence electrons. The van der Waals surface area contributed by atoms with Crippen LogP contribution in [0.5, 0.6) is 0 Å². The van der Waals surface area contributed by atoms with Crippen molar-refractivity contribution in [3.63, 3.8) is 0 Å². The molecule has 1 aliphatic heterocycles. The zero-order chi connectivity index (χ0) is 17.9. The molecule has 2 N–H and O–H groups in total. The zero-order valence-corrected chi connectivity index (χ0v) is 14.5. The van der Waals surface area contributed by atoms with Gasteiger partial charge in [-0.05, 0) is 37.1 Å². The van der Waals surface area contributed by atoms with Gasteiger partial charge in [-0.3, -0.25) is 4.79 Å². The number of nitrogens with zero attached hydrogens (tertiary/aromatic N) is 4. The molecule has 6 heteroatoms. The smallest absolute Gasteiger partial charge is 0.244 e. The van der Waals surface area contributed by atoms with Gasteiger partial charge in [0.05, 0.1) is 0 Å². The number of hydrogen-bond acceptors (Lipinski definition) is 4. The van der Waals surface area contributed by atoms with Crippen LogP contribution in [0.25, 0.3) is 22.8 Å². The molecule has 2 aromatic carbocycles. The molecule has 0 saturated carbocycles. The molecule has 1 saturated heterocycles. The maximum atomic E-state index is 12.6. The number of nitrogen functional groups attached to an aromatic ring is 1. The molecule has 0 radical (unpaired) electrons. The van der Waals surface area contributed by atoms with Crippen molar-refractivity contribution >= 4 is 11.6 Å². The van der Waals surface area contributed by atoms with Crippen LogP contribution in [0.3, 0.4) is 0 Å². The third-order valence-electron chi connectivity index (χ3n) is 4.62. The minimum absolute atomic E-state index is 0.0911. The molecule has 0 unspecified atom stereocenters. The Bertz CT molecular complexity index is 896. The van der Waals surface area contributed by atoms with E-state index in [2.05, 4.69) is 5.10 Å². The fraction of sp³-hybridized carbons (Fsp3) is 0.250. The lowest BCUT2D eigenvalue weighted by molar-refractivity contribution is -0.130. The number of anilines is 1. The number of benzene rings is 2. The summed E-state index contributed by atoms with van der Waals surface area (Å²) in [6.45, 7) is 1.87. The Balaban J connectivity index is 1.70. The minimum atomic E-state index is 0.0911. The van der Waals surface area contributed by atoms with E-state index < -0.39 is 0 Å². The number of rotatable bonds is 4. The third-order valence-corrected chi connectivity index (χ3v) is 4.62. The minimum Gasteiger partial charge on any atom is -0.399 e. The number of likely N-dealkylation sites (tertiary alicyclic amines) is 1. The molecule has 2 heterocycles. The van der Waals surface area contributed by atoms with Crippen LogP contribution in [0.4, 0.5) is 5.69 Å². The summed E-state index contributed by atoms with van der Waals surface area (Å²) >= 11 is 0. The first kappa shape index (κ1) is 16.3. The fourth-order valence-corrected chi connectivity index (χ4v) is 3.20. The fourth-order valence-electron chi connectivity index (χ4n) is 3.20. The van der Waals surface area contributed by atoms with Gasteiger partial charge in [-0.1, -0.05) is 30.3 Å². The Labute approximate surface area is 152 Å². The topological polar surface area (TPSA) is 77.0 Å².